The Morgan fingerprint density at radius 1 is 1.25 bits per heavy atom. The van der Waals surface area contributed by atoms with E-state index in [0.29, 0.717) is 17.7 Å². The third kappa shape index (κ3) is 3.81. The van der Waals surface area contributed by atoms with E-state index < -0.39 is 40.6 Å². The molecule has 2 N–H and O–H groups in total. The van der Waals surface area contributed by atoms with E-state index in [0.717, 1.165) is 12.8 Å². The number of methoxy groups -OCH3 is 1. The van der Waals surface area contributed by atoms with Gasteiger partial charge in [0.25, 0.3) is 0 Å². The van der Waals surface area contributed by atoms with Crippen LogP contribution in [-0.2, 0) is 9.47 Å². The summed E-state index contributed by atoms with van der Waals surface area (Å²) in [4.78, 5) is 17.3. The molecule has 2 aliphatic carbocycles. The van der Waals surface area contributed by atoms with Crippen molar-refractivity contribution >= 4 is 0 Å². The second kappa shape index (κ2) is 8.65. The van der Waals surface area contributed by atoms with E-state index in [1.165, 1.54) is 0 Å². The fraction of sp³-hybridized carbons (Fsp3) is 0.643. The lowest BCUT2D eigenvalue weighted by molar-refractivity contribution is -0.277. The first-order valence-electron chi connectivity index (χ1n) is 12.8. The fourth-order valence-corrected chi connectivity index (χ4v) is 7.24. The molecule has 0 saturated heterocycles. The number of rotatable bonds is 4. The molecule has 196 valence electrons. The average molecular weight is 500 g/mol. The van der Waals surface area contributed by atoms with Crippen LogP contribution in [0, 0.1) is 23.2 Å². The molecule has 1 aliphatic heterocycles. The summed E-state index contributed by atoms with van der Waals surface area (Å²) in [6, 6.07) is 5.16. The lowest BCUT2D eigenvalue weighted by atomic mass is 9.46. The van der Waals surface area contributed by atoms with Crippen molar-refractivity contribution in [3.63, 3.8) is 0 Å². The Balaban J connectivity index is 1.54. The van der Waals surface area contributed by atoms with Gasteiger partial charge in [0.1, 0.15) is 22.7 Å². The molecule has 8 heteroatoms. The Bertz CT molecular complexity index is 1180. The second-order valence-electron chi connectivity index (χ2n) is 11.6. The van der Waals surface area contributed by atoms with Gasteiger partial charge in [0, 0.05) is 37.1 Å². The fourth-order valence-electron chi connectivity index (χ4n) is 7.24. The minimum Gasteiger partial charge on any atom is -0.484 e. The lowest BCUT2D eigenvalue weighted by Crippen LogP contribution is -2.68. The molecule has 0 radical (unpaired) electrons. The van der Waals surface area contributed by atoms with Gasteiger partial charge >= 0.3 is 5.63 Å². The van der Waals surface area contributed by atoms with Crippen molar-refractivity contribution in [2.45, 2.75) is 83.6 Å². The van der Waals surface area contributed by atoms with Crippen LogP contribution in [0.1, 0.15) is 65.5 Å². The van der Waals surface area contributed by atoms with Crippen LogP contribution in [0.5, 0.6) is 5.75 Å². The van der Waals surface area contributed by atoms with Crippen molar-refractivity contribution < 1.29 is 28.8 Å². The van der Waals surface area contributed by atoms with Gasteiger partial charge in [-0.25, -0.2) is 4.79 Å². The number of ether oxygens (including phenoxy) is 3. The Kier molecular flexibility index (Phi) is 6.10. The van der Waals surface area contributed by atoms with Crippen LogP contribution in [0.4, 0.5) is 0 Å². The van der Waals surface area contributed by atoms with Crippen LogP contribution in [-0.4, -0.2) is 45.9 Å². The number of aliphatic hydroxyl groups is 2. The van der Waals surface area contributed by atoms with Crippen molar-refractivity contribution in [2.75, 3.05) is 7.11 Å². The molecule has 0 amide bonds. The number of hydrogen-bond donors (Lipinski definition) is 2. The molecule has 0 aromatic carbocycles. The van der Waals surface area contributed by atoms with Crippen LogP contribution < -0.4 is 10.4 Å². The maximum atomic E-state index is 13.2. The highest BCUT2D eigenvalue weighted by Crippen LogP contribution is 2.64. The molecule has 3 aliphatic rings. The third-order valence-electron chi connectivity index (χ3n) is 9.27. The summed E-state index contributed by atoms with van der Waals surface area (Å²) in [5, 5.41) is 23.2. The maximum Gasteiger partial charge on any atom is 0.345 e. The number of nitrogens with zero attached hydrogens (tertiary/aromatic N) is 1. The zero-order valence-corrected chi connectivity index (χ0v) is 21.9. The van der Waals surface area contributed by atoms with Gasteiger partial charge in [-0.2, -0.15) is 0 Å². The maximum absolute atomic E-state index is 13.2. The standard InChI is InChI=1S/C28H37NO7/c1-15-17-12-21(30)28(5)24(27(17,4)10-9-18(15)35-26(2,3)33-6)23(31)22-20(36-28)13-19(34-25(22)32)16-8-7-11-29-14-16/h7-8,11,13-15,17-18,21,23-24,30-31H,9-10,12H2,1-6H3/t15-,17?,18?,21?,23?,24?,27?,28?/m1/s1. The molecule has 2 aromatic heterocycles. The number of fused-ring (bicyclic) bond motifs is 4. The molecule has 2 fully saturated rings. The summed E-state index contributed by atoms with van der Waals surface area (Å²) in [5.74, 6) is -0.496. The normalized spacial score (nSPS) is 37.9. The second-order valence-corrected chi connectivity index (χ2v) is 11.6. The van der Waals surface area contributed by atoms with Crippen molar-refractivity contribution in [2.24, 2.45) is 23.2 Å². The van der Waals surface area contributed by atoms with Gasteiger partial charge in [-0.1, -0.05) is 13.8 Å². The molecule has 8 nitrogen and oxygen atoms in total. The van der Waals surface area contributed by atoms with Gasteiger partial charge < -0.3 is 28.8 Å². The highest BCUT2D eigenvalue weighted by Gasteiger charge is 2.66. The molecule has 3 heterocycles. The first kappa shape index (κ1) is 25.4. The third-order valence-corrected chi connectivity index (χ3v) is 9.27. The molecule has 2 aromatic rings. The van der Waals surface area contributed by atoms with Gasteiger partial charge in [0.2, 0.25) is 0 Å². The summed E-state index contributed by atoms with van der Waals surface area (Å²) in [6.07, 6.45) is 3.26. The predicted octanol–water partition coefficient (Wildman–Crippen LogP) is 4.09. The van der Waals surface area contributed by atoms with Crippen molar-refractivity contribution in [1.29, 1.82) is 0 Å². The van der Waals surface area contributed by atoms with Crippen molar-refractivity contribution in [1.82, 2.24) is 4.98 Å². The SMILES string of the molecule is COC(C)(C)OC1CCC2(C)C(CC(O)C3(C)Oc4cc(-c5cccnc5)oc(=O)c4C(O)C23)[C@H]1C. The van der Waals surface area contributed by atoms with Crippen molar-refractivity contribution in [3.8, 4) is 17.1 Å². The van der Waals surface area contributed by atoms with E-state index in [-0.39, 0.29) is 29.3 Å². The molecule has 7 unspecified atom stereocenters. The monoisotopic (exact) mass is 499 g/mol. The topological polar surface area (TPSA) is 111 Å². The van der Waals surface area contributed by atoms with Gasteiger partial charge in [0.05, 0.1) is 18.3 Å². The van der Waals surface area contributed by atoms with Crippen molar-refractivity contribution in [3.05, 3.63) is 46.6 Å². The number of aromatic nitrogens is 1. The Hall–Kier alpha value is -2.26. The summed E-state index contributed by atoms with van der Waals surface area (Å²) < 4.78 is 23.9. The molecule has 5 rings (SSSR count). The van der Waals surface area contributed by atoms with E-state index in [4.69, 9.17) is 18.6 Å². The first-order valence-corrected chi connectivity index (χ1v) is 12.8. The zero-order chi connectivity index (χ0) is 26.0. The van der Waals surface area contributed by atoms with Gasteiger partial charge in [0.15, 0.2) is 5.79 Å². The molecule has 8 atom stereocenters. The molecule has 0 spiro atoms. The number of hydrogen-bond acceptors (Lipinski definition) is 8. The van der Waals surface area contributed by atoms with E-state index in [2.05, 4.69) is 18.8 Å². The highest BCUT2D eigenvalue weighted by molar-refractivity contribution is 5.59. The van der Waals surface area contributed by atoms with Crippen LogP contribution in [0.3, 0.4) is 0 Å². The summed E-state index contributed by atoms with van der Waals surface area (Å²) >= 11 is 0. The van der Waals surface area contributed by atoms with E-state index >= 15 is 0 Å². The summed E-state index contributed by atoms with van der Waals surface area (Å²) in [6.45, 7) is 9.95. The Morgan fingerprint density at radius 3 is 2.67 bits per heavy atom. The minimum atomic E-state index is -1.14. The zero-order valence-electron chi connectivity index (χ0n) is 21.9. The molecular formula is C28H37NO7. The van der Waals surface area contributed by atoms with E-state index in [1.807, 2.05) is 20.8 Å². The summed E-state index contributed by atoms with van der Waals surface area (Å²) in [7, 11) is 1.63. The average Bonchev–Trinajstić information content (AvgIpc) is 2.83. The van der Waals surface area contributed by atoms with E-state index in [9.17, 15) is 15.0 Å². The molecule has 2 saturated carbocycles. The first-order chi connectivity index (χ1) is 16.9. The lowest BCUT2D eigenvalue weighted by Gasteiger charge is -2.64. The summed E-state index contributed by atoms with van der Waals surface area (Å²) in [5.41, 5.74) is -1.35. The quantitative estimate of drug-likeness (QED) is 0.605. The predicted molar refractivity (Wildman–Crippen MR) is 132 cm³/mol. The van der Waals surface area contributed by atoms with Crippen LogP contribution >= 0.6 is 0 Å². The van der Waals surface area contributed by atoms with Crippen LogP contribution in [0.15, 0.2) is 39.8 Å². The largest absolute Gasteiger partial charge is 0.484 e. The van der Waals surface area contributed by atoms with Crippen LogP contribution in [0.2, 0.25) is 0 Å². The molecule has 36 heavy (non-hydrogen) atoms. The highest BCUT2D eigenvalue weighted by atomic mass is 16.7. The van der Waals surface area contributed by atoms with Gasteiger partial charge in [-0.15, -0.1) is 0 Å². The Labute approximate surface area is 211 Å². The van der Waals surface area contributed by atoms with Crippen LogP contribution in [0.25, 0.3) is 11.3 Å². The van der Waals surface area contributed by atoms with Gasteiger partial charge in [-0.3, -0.25) is 4.98 Å². The number of aliphatic hydroxyl groups excluding tert-OH is 2. The minimum absolute atomic E-state index is 0.0457. The molecule has 0 bridgehead atoms. The number of pyridine rings is 1. The Morgan fingerprint density at radius 2 is 2.00 bits per heavy atom. The van der Waals surface area contributed by atoms with Gasteiger partial charge in [-0.05, 0) is 69.4 Å². The smallest absolute Gasteiger partial charge is 0.345 e. The van der Waals surface area contributed by atoms with E-state index in [1.54, 1.807) is 37.7 Å². The molecular weight excluding hydrogens is 462 g/mol.